The number of rotatable bonds is 3. The van der Waals surface area contributed by atoms with Gasteiger partial charge in [0.25, 0.3) is 5.91 Å². The Kier molecular flexibility index (Phi) is 5.36. The fourth-order valence-corrected chi connectivity index (χ4v) is 4.54. The number of amides is 2. The first kappa shape index (κ1) is 18.9. The summed E-state index contributed by atoms with van der Waals surface area (Å²) in [5, 5.41) is 0.580. The summed E-state index contributed by atoms with van der Waals surface area (Å²) in [7, 11) is 0. The van der Waals surface area contributed by atoms with Crippen molar-refractivity contribution in [2.45, 2.75) is 32.2 Å². The SMILES string of the molecule is O=C1CCC2(CCN(C(=O)c3cccc(Cl)c3)CC2)CN1Cc1ccncc1. The van der Waals surface area contributed by atoms with E-state index < -0.39 is 0 Å². The highest BCUT2D eigenvalue weighted by Crippen LogP contribution is 2.40. The first-order valence-corrected chi connectivity index (χ1v) is 10.1. The van der Waals surface area contributed by atoms with Crippen LogP contribution in [-0.4, -0.2) is 46.2 Å². The van der Waals surface area contributed by atoms with Crippen molar-refractivity contribution < 1.29 is 9.59 Å². The molecule has 146 valence electrons. The van der Waals surface area contributed by atoms with Crippen molar-refractivity contribution in [1.29, 1.82) is 0 Å². The quantitative estimate of drug-likeness (QED) is 0.791. The zero-order valence-electron chi connectivity index (χ0n) is 15.8. The molecule has 2 aliphatic heterocycles. The fraction of sp³-hybridized carbons (Fsp3) is 0.409. The van der Waals surface area contributed by atoms with Gasteiger partial charge in [-0.3, -0.25) is 14.6 Å². The summed E-state index contributed by atoms with van der Waals surface area (Å²) in [5.41, 5.74) is 1.86. The lowest BCUT2D eigenvalue weighted by atomic mass is 9.72. The third-order valence-corrected chi connectivity index (χ3v) is 6.29. The lowest BCUT2D eigenvalue weighted by Crippen LogP contribution is -2.52. The van der Waals surface area contributed by atoms with E-state index in [1.54, 1.807) is 24.5 Å². The number of carbonyl (C=O) groups excluding carboxylic acids is 2. The molecule has 0 unspecified atom stereocenters. The summed E-state index contributed by atoms with van der Waals surface area (Å²) in [6.07, 6.45) is 6.89. The van der Waals surface area contributed by atoms with Crippen molar-refractivity contribution >= 4 is 23.4 Å². The number of hydrogen-bond donors (Lipinski definition) is 0. The predicted molar refractivity (Wildman–Crippen MR) is 108 cm³/mol. The molecule has 5 nitrogen and oxygen atoms in total. The minimum atomic E-state index is 0.0397. The zero-order valence-corrected chi connectivity index (χ0v) is 16.6. The molecule has 0 N–H and O–H groups in total. The number of halogens is 1. The number of hydrogen-bond acceptors (Lipinski definition) is 3. The predicted octanol–water partition coefficient (Wildman–Crippen LogP) is 3.78. The van der Waals surface area contributed by atoms with Gasteiger partial charge in [-0.25, -0.2) is 0 Å². The van der Waals surface area contributed by atoms with Gasteiger partial charge in [0.05, 0.1) is 0 Å². The van der Waals surface area contributed by atoms with E-state index in [9.17, 15) is 9.59 Å². The highest BCUT2D eigenvalue weighted by molar-refractivity contribution is 6.30. The Hall–Kier alpha value is -2.40. The van der Waals surface area contributed by atoms with Crippen molar-refractivity contribution in [3.05, 3.63) is 64.9 Å². The number of nitrogens with zero attached hydrogens (tertiary/aromatic N) is 3. The molecule has 0 radical (unpaired) electrons. The molecule has 1 aromatic heterocycles. The van der Waals surface area contributed by atoms with Crippen LogP contribution in [0.1, 0.15) is 41.6 Å². The summed E-state index contributed by atoms with van der Waals surface area (Å²) < 4.78 is 0. The van der Waals surface area contributed by atoms with Gasteiger partial charge >= 0.3 is 0 Å². The topological polar surface area (TPSA) is 53.5 Å². The largest absolute Gasteiger partial charge is 0.339 e. The Morgan fingerprint density at radius 3 is 2.57 bits per heavy atom. The van der Waals surface area contributed by atoms with Gasteiger partial charge < -0.3 is 9.80 Å². The van der Waals surface area contributed by atoms with E-state index in [2.05, 4.69) is 4.98 Å². The highest BCUT2D eigenvalue weighted by atomic mass is 35.5. The van der Waals surface area contributed by atoms with Crippen LogP contribution in [0.3, 0.4) is 0 Å². The number of likely N-dealkylation sites (tertiary alicyclic amines) is 2. The molecule has 2 aliphatic rings. The van der Waals surface area contributed by atoms with Crippen LogP contribution in [0, 0.1) is 5.41 Å². The number of carbonyl (C=O) groups is 2. The molecule has 28 heavy (non-hydrogen) atoms. The van der Waals surface area contributed by atoms with Crippen LogP contribution in [0.4, 0.5) is 0 Å². The smallest absolute Gasteiger partial charge is 0.253 e. The first-order valence-electron chi connectivity index (χ1n) is 9.76. The summed E-state index contributed by atoms with van der Waals surface area (Å²) in [6.45, 7) is 2.85. The Morgan fingerprint density at radius 2 is 1.86 bits per heavy atom. The zero-order chi connectivity index (χ0) is 19.6. The van der Waals surface area contributed by atoms with Gasteiger partial charge in [-0.1, -0.05) is 17.7 Å². The molecule has 0 aliphatic carbocycles. The van der Waals surface area contributed by atoms with Crippen molar-refractivity contribution in [2.24, 2.45) is 5.41 Å². The Labute approximate surface area is 170 Å². The maximum absolute atomic E-state index is 12.8. The second-order valence-corrected chi connectivity index (χ2v) is 8.34. The van der Waals surface area contributed by atoms with E-state index in [0.29, 0.717) is 23.6 Å². The molecular weight excluding hydrogens is 374 g/mol. The maximum Gasteiger partial charge on any atom is 0.253 e. The normalized spacial score (nSPS) is 19.1. The molecule has 2 saturated heterocycles. The van der Waals surface area contributed by atoms with E-state index in [1.165, 1.54) is 0 Å². The standard InChI is InChI=1S/C22H24ClN3O2/c23-19-3-1-2-18(14-19)21(28)25-12-8-22(9-13-25)7-4-20(27)26(16-22)15-17-5-10-24-11-6-17/h1-3,5-6,10-11,14H,4,7-9,12-13,15-16H2. The molecular formula is C22H24ClN3O2. The van der Waals surface area contributed by atoms with Gasteiger partial charge in [0.1, 0.15) is 0 Å². The van der Waals surface area contributed by atoms with Gasteiger partial charge in [-0.15, -0.1) is 0 Å². The molecule has 0 bridgehead atoms. The average Bonchev–Trinajstić information content (AvgIpc) is 2.72. The van der Waals surface area contributed by atoms with Gasteiger partial charge in [-0.2, -0.15) is 0 Å². The Bertz CT molecular complexity index is 863. The minimum Gasteiger partial charge on any atom is -0.339 e. The first-order chi connectivity index (χ1) is 13.5. The van der Waals surface area contributed by atoms with Gasteiger partial charge in [0.2, 0.25) is 5.91 Å². The monoisotopic (exact) mass is 397 g/mol. The van der Waals surface area contributed by atoms with Gasteiger partial charge in [0.15, 0.2) is 0 Å². The molecule has 0 saturated carbocycles. The highest BCUT2D eigenvalue weighted by Gasteiger charge is 2.41. The van der Waals surface area contributed by atoms with Crippen LogP contribution in [0.25, 0.3) is 0 Å². The molecule has 6 heteroatoms. The van der Waals surface area contributed by atoms with Gasteiger partial charge in [0, 0.05) is 55.6 Å². The molecule has 4 rings (SSSR count). The second kappa shape index (κ2) is 7.92. The summed E-state index contributed by atoms with van der Waals surface area (Å²) in [4.78, 5) is 33.2. The molecule has 2 fully saturated rings. The molecule has 1 aromatic carbocycles. The second-order valence-electron chi connectivity index (χ2n) is 7.91. The fourth-order valence-electron chi connectivity index (χ4n) is 4.35. The van der Waals surface area contributed by atoms with Crippen LogP contribution in [0.2, 0.25) is 5.02 Å². The third kappa shape index (κ3) is 4.04. The van der Waals surface area contributed by atoms with Crippen molar-refractivity contribution in [2.75, 3.05) is 19.6 Å². The number of aromatic nitrogens is 1. The van der Waals surface area contributed by atoms with Gasteiger partial charge in [-0.05, 0) is 60.6 Å². The average molecular weight is 398 g/mol. The van der Waals surface area contributed by atoms with Crippen molar-refractivity contribution in [3.63, 3.8) is 0 Å². The summed E-state index contributed by atoms with van der Waals surface area (Å²) in [6, 6.07) is 11.0. The molecule has 1 spiro atoms. The lowest BCUT2D eigenvalue weighted by molar-refractivity contribution is -0.139. The lowest BCUT2D eigenvalue weighted by Gasteiger charge is -2.47. The van der Waals surface area contributed by atoms with Crippen LogP contribution in [0.15, 0.2) is 48.8 Å². The Balaban J connectivity index is 1.40. The molecule has 2 amide bonds. The van der Waals surface area contributed by atoms with Crippen LogP contribution >= 0.6 is 11.6 Å². The molecule has 3 heterocycles. The van der Waals surface area contributed by atoms with E-state index in [0.717, 1.165) is 44.5 Å². The number of pyridine rings is 1. The third-order valence-electron chi connectivity index (χ3n) is 6.05. The van der Waals surface area contributed by atoms with E-state index in [4.69, 9.17) is 11.6 Å². The number of benzene rings is 1. The molecule has 0 atom stereocenters. The maximum atomic E-state index is 12.8. The summed E-state index contributed by atoms with van der Waals surface area (Å²) >= 11 is 6.03. The van der Waals surface area contributed by atoms with Crippen molar-refractivity contribution in [3.8, 4) is 0 Å². The minimum absolute atomic E-state index is 0.0397. The van der Waals surface area contributed by atoms with E-state index in [-0.39, 0.29) is 17.2 Å². The Morgan fingerprint density at radius 1 is 1.11 bits per heavy atom. The van der Waals surface area contributed by atoms with Crippen LogP contribution < -0.4 is 0 Å². The van der Waals surface area contributed by atoms with Crippen LogP contribution in [-0.2, 0) is 11.3 Å². The van der Waals surface area contributed by atoms with E-state index in [1.807, 2.05) is 34.1 Å². The number of piperidine rings is 2. The molecule has 2 aromatic rings. The van der Waals surface area contributed by atoms with Crippen molar-refractivity contribution in [1.82, 2.24) is 14.8 Å². The van der Waals surface area contributed by atoms with E-state index >= 15 is 0 Å². The summed E-state index contributed by atoms with van der Waals surface area (Å²) in [5.74, 6) is 0.262. The van der Waals surface area contributed by atoms with Crippen LogP contribution in [0.5, 0.6) is 0 Å².